The number of rotatable bonds is 4. The monoisotopic (exact) mass is 235 g/mol. The lowest BCUT2D eigenvalue weighted by Gasteiger charge is -2.20. The summed E-state index contributed by atoms with van der Waals surface area (Å²) in [6, 6.07) is 5.48. The second kappa shape index (κ2) is 4.84. The first-order chi connectivity index (χ1) is 8.09. The summed E-state index contributed by atoms with van der Waals surface area (Å²) < 4.78 is 13.7. The Balaban J connectivity index is 2.19. The third-order valence-electron chi connectivity index (χ3n) is 3.20. The first-order valence-corrected chi connectivity index (χ1v) is 5.91. The van der Waals surface area contributed by atoms with E-state index in [-0.39, 0.29) is 5.82 Å². The molecule has 3 nitrogen and oxygen atoms in total. The van der Waals surface area contributed by atoms with E-state index in [9.17, 15) is 4.39 Å². The van der Waals surface area contributed by atoms with Gasteiger partial charge in [-0.1, -0.05) is 6.07 Å². The summed E-state index contributed by atoms with van der Waals surface area (Å²) >= 11 is 0. The molecule has 0 saturated heterocycles. The smallest absolute Gasteiger partial charge is 0.134 e. The SMILES string of the molecule is CC(C)N(C)CCc1[nH]nc2cccc(F)c12. The summed E-state index contributed by atoms with van der Waals surface area (Å²) in [5.74, 6) is -0.196. The highest BCUT2D eigenvalue weighted by molar-refractivity contribution is 5.81. The second-order valence-corrected chi connectivity index (χ2v) is 4.66. The largest absolute Gasteiger partial charge is 0.304 e. The van der Waals surface area contributed by atoms with Crippen LogP contribution in [-0.2, 0) is 6.42 Å². The third kappa shape index (κ3) is 2.47. The Morgan fingerprint density at radius 2 is 2.18 bits per heavy atom. The predicted octanol–water partition coefficient (Wildman–Crippen LogP) is 2.58. The van der Waals surface area contributed by atoms with E-state index >= 15 is 0 Å². The molecule has 0 bridgehead atoms. The van der Waals surface area contributed by atoms with Crippen LogP contribution in [0.25, 0.3) is 10.9 Å². The maximum Gasteiger partial charge on any atom is 0.134 e. The van der Waals surface area contributed by atoms with Gasteiger partial charge in [0.1, 0.15) is 5.82 Å². The van der Waals surface area contributed by atoms with Crippen molar-refractivity contribution in [3.63, 3.8) is 0 Å². The number of nitrogens with zero attached hydrogens (tertiary/aromatic N) is 2. The normalized spacial score (nSPS) is 11.9. The van der Waals surface area contributed by atoms with E-state index in [0.29, 0.717) is 16.9 Å². The number of aromatic nitrogens is 2. The lowest BCUT2D eigenvalue weighted by molar-refractivity contribution is 0.277. The molecule has 1 aromatic heterocycles. The molecular weight excluding hydrogens is 217 g/mol. The molecule has 0 atom stereocenters. The fourth-order valence-corrected chi connectivity index (χ4v) is 1.82. The van der Waals surface area contributed by atoms with Gasteiger partial charge < -0.3 is 4.90 Å². The minimum atomic E-state index is -0.196. The maximum atomic E-state index is 13.7. The number of aromatic amines is 1. The van der Waals surface area contributed by atoms with Gasteiger partial charge in [0.2, 0.25) is 0 Å². The van der Waals surface area contributed by atoms with Gasteiger partial charge in [0.25, 0.3) is 0 Å². The summed E-state index contributed by atoms with van der Waals surface area (Å²) in [5, 5.41) is 7.68. The van der Waals surface area contributed by atoms with Gasteiger partial charge in [-0.15, -0.1) is 0 Å². The fourth-order valence-electron chi connectivity index (χ4n) is 1.82. The Morgan fingerprint density at radius 3 is 2.88 bits per heavy atom. The number of fused-ring (bicyclic) bond motifs is 1. The molecule has 0 amide bonds. The molecular formula is C13H18FN3. The quantitative estimate of drug-likeness (QED) is 0.883. The topological polar surface area (TPSA) is 31.9 Å². The predicted molar refractivity (Wildman–Crippen MR) is 67.5 cm³/mol. The Bertz CT molecular complexity index is 504. The molecule has 0 fully saturated rings. The van der Waals surface area contributed by atoms with Crippen molar-refractivity contribution in [2.24, 2.45) is 0 Å². The molecule has 2 rings (SSSR count). The van der Waals surface area contributed by atoms with Crippen LogP contribution in [0.3, 0.4) is 0 Å². The number of benzene rings is 1. The Hall–Kier alpha value is -1.42. The maximum absolute atomic E-state index is 13.7. The molecule has 17 heavy (non-hydrogen) atoms. The Kier molecular flexibility index (Phi) is 3.43. The zero-order valence-corrected chi connectivity index (χ0v) is 10.5. The lowest BCUT2D eigenvalue weighted by atomic mass is 10.1. The fraction of sp³-hybridized carbons (Fsp3) is 0.462. The molecule has 0 radical (unpaired) electrons. The number of likely N-dealkylation sites (N-methyl/N-ethyl adjacent to an activating group) is 1. The highest BCUT2D eigenvalue weighted by Gasteiger charge is 2.11. The number of hydrogen-bond acceptors (Lipinski definition) is 2. The van der Waals surface area contributed by atoms with Crippen molar-refractivity contribution in [1.29, 1.82) is 0 Å². The van der Waals surface area contributed by atoms with Crippen LogP contribution in [0, 0.1) is 5.82 Å². The van der Waals surface area contributed by atoms with Crippen LogP contribution < -0.4 is 0 Å². The Labute approximate surface area is 101 Å². The van der Waals surface area contributed by atoms with E-state index in [4.69, 9.17) is 0 Å². The molecule has 0 spiro atoms. The van der Waals surface area contributed by atoms with E-state index in [1.165, 1.54) is 6.07 Å². The van der Waals surface area contributed by atoms with Crippen molar-refractivity contribution in [3.05, 3.63) is 29.7 Å². The minimum absolute atomic E-state index is 0.196. The van der Waals surface area contributed by atoms with Crippen molar-refractivity contribution in [3.8, 4) is 0 Å². The average Bonchev–Trinajstić information content (AvgIpc) is 2.70. The lowest BCUT2D eigenvalue weighted by Crippen LogP contribution is -2.28. The minimum Gasteiger partial charge on any atom is -0.304 e. The molecule has 1 N–H and O–H groups in total. The zero-order chi connectivity index (χ0) is 12.4. The standard InChI is InChI=1S/C13H18FN3/c1-9(2)17(3)8-7-12-13-10(14)5-4-6-11(13)15-16-12/h4-6,9H,7-8H2,1-3H3,(H,15,16). The van der Waals surface area contributed by atoms with Crippen LogP contribution in [0.2, 0.25) is 0 Å². The van der Waals surface area contributed by atoms with Crippen molar-refractivity contribution in [2.75, 3.05) is 13.6 Å². The van der Waals surface area contributed by atoms with E-state index in [2.05, 4.69) is 36.0 Å². The van der Waals surface area contributed by atoms with E-state index < -0.39 is 0 Å². The summed E-state index contributed by atoms with van der Waals surface area (Å²) in [7, 11) is 2.07. The molecule has 2 aromatic rings. The summed E-state index contributed by atoms with van der Waals surface area (Å²) in [5.41, 5.74) is 1.58. The highest BCUT2D eigenvalue weighted by atomic mass is 19.1. The first-order valence-electron chi connectivity index (χ1n) is 5.91. The van der Waals surface area contributed by atoms with Gasteiger partial charge in [0.05, 0.1) is 10.9 Å². The molecule has 0 saturated carbocycles. The van der Waals surface area contributed by atoms with Crippen LogP contribution in [0.1, 0.15) is 19.5 Å². The highest BCUT2D eigenvalue weighted by Crippen LogP contribution is 2.19. The number of nitrogens with one attached hydrogen (secondary N) is 1. The van der Waals surface area contributed by atoms with E-state index in [0.717, 1.165) is 18.7 Å². The summed E-state index contributed by atoms with van der Waals surface area (Å²) in [6.45, 7) is 5.18. The van der Waals surface area contributed by atoms with Gasteiger partial charge in [0.15, 0.2) is 0 Å². The van der Waals surface area contributed by atoms with E-state index in [1.807, 2.05) is 6.07 Å². The van der Waals surface area contributed by atoms with Crippen molar-refractivity contribution in [1.82, 2.24) is 15.1 Å². The van der Waals surface area contributed by atoms with Gasteiger partial charge in [-0.25, -0.2) is 4.39 Å². The van der Waals surface area contributed by atoms with Gasteiger partial charge in [-0.2, -0.15) is 5.10 Å². The molecule has 0 aliphatic rings. The van der Waals surface area contributed by atoms with Crippen LogP contribution in [0.4, 0.5) is 4.39 Å². The molecule has 0 aliphatic carbocycles. The van der Waals surface area contributed by atoms with Crippen molar-refractivity contribution >= 4 is 10.9 Å². The average molecular weight is 235 g/mol. The molecule has 92 valence electrons. The third-order valence-corrected chi connectivity index (χ3v) is 3.20. The molecule has 0 aliphatic heterocycles. The molecule has 0 unspecified atom stereocenters. The van der Waals surface area contributed by atoms with Crippen molar-refractivity contribution < 1.29 is 4.39 Å². The molecule has 1 aromatic carbocycles. The molecule has 4 heteroatoms. The van der Waals surface area contributed by atoms with Gasteiger partial charge in [-0.3, -0.25) is 5.10 Å². The van der Waals surface area contributed by atoms with Crippen LogP contribution >= 0.6 is 0 Å². The molecule has 1 heterocycles. The second-order valence-electron chi connectivity index (χ2n) is 4.66. The van der Waals surface area contributed by atoms with Gasteiger partial charge in [-0.05, 0) is 33.0 Å². The zero-order valence-electron chi connectivity index (χ0n) is 10.5. The van der Waals surface area contributed by atoms with Gasteiger partial charge in [0, 0.05) is 24.7 Å². The van der Waals surface area contributed by atoms with Crippen LogP contribution in [0.5, 0.6) is 0 Å². The van der Waals surface area contributed by atoms with E-state index in [1.54, 1.807) is 6.07 Å². The first kappa shape index (κ1) is 12.0. The number of halogens is 1. The number of H-pyrrole nitrogens is 1. The van der Waals surface area contributed by atoms with Crippen LogP contribution in [0.15, 0.2) is 18.2 Å². The summed E-state index contributed by atoms with van der Waals surface area (Å²) in [6.07, 6.45) is 0.784. The summed E-state index contributed by atoms with van der Waals surface area (Å²) in [4.78, 5) is 2.23. The van der Waals surface area contributed by atoms with Crippen LogP contribution in [-0.4, -0.2) is 34.7 Å². The van der Waals surface area contributed by atoms with Gasteiger partial charge >= 0.3 is 0 Å². The van der Waals surface area contributed by atoms with Crippen molar-refractivity contribution in [2.45, 2.75) is 26.3 Å². The Morgan fingerprint density at radius 1 is 1.41 bits per heavy atom. The number of hydrogen-bond donors (Lipinski definition) is 1.